The number of benzene rings is 4. The Morgan fingerprint density at radius 1 is 0.891 bits per heavy atom. The number of halogens is 2. The standard InChI is InChI=1S/C35H37ClFN3O5S/c1-4-45-30-18-20-31(21-19-30)46(43,44)40(29-16-14-28(37)15-17-29)24-34(41)39(23-27-12-8-9-13-32(27)36)33(35(42)38-25(2)3)22-26-10-6-5-7-11-26/h5-21,25,33H,4,22-24H2,1-3H3,(H,38,42). The van der Waals surface area contributed by atoms with E-state index in [0.29, 0.717) is 22.9 Å². The fraction of sp³-hybridized carbons (Fsp3) is 0.257. The van der Waals surface area contributed by atoms with Crippen LogP contribution in [-0.4, -0.2) is 50.4 Å². The average molecular weight is 666 g/mol. The van der Waals surface area contributed by atoms with Gasteiger partial charge in [-0.1, -0.05) is 60.1 Å². The lowest BCUT2D eigenvalue weighted by molar-refractivity contribution is -0.140. The molecule has 0 aliphatic rings. The number of hydrogen-bond donors (Lipinski definition) is 1. The molecule has 1 unspecified atom stereocenters. The summed E-state index contributed by atoms with van der Waals surface area (Å²) in [6.45, 7) is 5.11. The number of hydrogen-bond acceptors (Lipinski definition) is 5. The zero-order valence-electron chi connectivity index (χ0n) is 25.9. The Hall–Kier alpha value is -4.41. The van der Waals surface area contributed by atoms with E-state index >= 15 is 0 Å². The van der Waals surface area contributed by atoms with Crippen molar-refractivity contribution < 1.29 is 27.1 Å². The predicted molar refractivity (Wildman–Crippen MR) is 178 cm³/mol. The summed E-state index contributed by atoms with van der Waals surface area (Å²) in [5, 5.41) is 3.30. The van der Waals surface area contributed by atoms with Crippen LogP contribution in [0.25, 0.3) is 0 Å². The summed E-state index contributed by atoms with van der Waals surface area (Å²) in [6.07, 6.45) is 0.164. The molecule has 0 radical (unpaired) electrons. The Morgan fingerprint density at radius 2 is 1.52 bits per heavy atom. The van der Waals surface area contributed by atoms with Crippen LogP contribution in [-0.2, 0) is 32.6 Å². The number of sulfonamides is 1. The topological polar surface area (TPSA) is 96.0 Å². The SMILES string of the molecule is CCOc1ccc(S(=O)(=O)N(CC(=O)N(Cc2ccccc2Cl)C(Cc2ccccc2)C(=O)NC(C)C)c2ccc(F)cc2)cc1. The third kappa shape index (κ3) is 8.86. The van der Waals surface area contributed by atoms with Crippen molar-refractivity contribution in [2.24, 2.45) is 0 Å². The summed E-state index contributed by atoms with van der Waals surface area (Å²) in [4.78, 5) is 29.5. The van der Waals surface area contributed by atoms with Crippen molar-refractivity contribution in [2.45, 2.75) is 50.7 Å². The Morgan fingerprint density at radius 3 is 2.13 bits per heavy atom. The highest BCUT2D eigenvalue weighted by atomic mass is 35.5. The molecule has 0 aliphatic heterocycles. The molecule has 0 aromatic heterocycles. The second-order valence-electron chi connectivity index (χ2n) is 10.9. The van der Waals surface area contributed by atoms with Crippen LogP contribution < -0.4 is 14.4 Å². The summed E-state index contributed by atoms with van der Waals surface area (Å²) in [5.41, 5.74) is 1.46. The molecule has 0 aliphatic carbocycles. The molecule has 46 heavy (non-hydrogen) atoms. The zero-order valence-corrected chi connectivity index (χ0v) is 27.5. The third-order valence-electron chi connectivity index (χ3n) is 7.12. The van der Waals surface area contributed by atoms with E-state index in [2.05, 4.69) is 5.32 Å². The van der Waals surface area contributed by atoms with Crippen molar-refractivity contribution in [1.29, 1.82) is 0 Å². The first-order chi connectivity index (χ1) is 22.0. The lowest BCUT2D eigenvalue weighted by Gasteiger charge is -2.34. The fourth-order valence-electron chi connectivity index (χ4n) is 4.88. The van der Waals surface area contributed by atoms with Gasteiger partial charge in [0.15, 0.2) is 0 Å². The minimum Gasteiger partial charge on any atom is -0.494 e. The Labute approximate surface area is 274 Å². The number of ether oxygens (including phenoxy) is 1. The highest BCUT2D eigenvalue weighted by Crippen LogP contribution is 2.27. The van der Waals surface area contributed by atoms with E-state index in [1.165, 1.54) is 41.3 Å². The number of rotatable bonds is 14. The second kappa shape index (κ2) is 15.7. The van der Waals surface area contributed by atoms with Crippen LogP contribution in [0.3, 0.4) is 0 Å². The van der Waals surface area contributed by atoms with Gasteiger partial charge in [-0.3, -0.25) is 13.9 Å². The molecule has 11 heteroatoms. The first-order valence-corrected chi connectivity index (χ1v) is 16.7. The van der Waals surface area contributed by atoms with Crippen molar-refractivity contribution in [1.82, 2.24) is 10.2 Å². The molecule has 1 atom stereocenters. The molecule has 0 saturated carbocycles. The largest absolute Gasteiger partial charge is 0.494 e. The Bertz CT molecular complexity index is 1720. The van der Waals surface area contributed by atoms with E-state index in [9.17, 15) is 22.4 Å². The molecule has 1 N–H and O–H groups in total. The molecule has 0 saturated heterocycles. The van der Waals surface area contributed by atoms with Gasteiger partial charge in [-0.25, -0.2) is 12.8 Å². The van der Waals surface area contributed by atoms with Crippen LogP contribution in [0.2, 0.25) is 5.02 Å². The maximum atomic E-state index is 14.5. The quantitative estimate of drug-likeness (QED) is 0.172. The Balaban J connectivity index is 1.80. The van der Waals surface area contributed by atoms with E-state index in [1.807, 2.05) is 51.1 Å². The van der Waals surface area contributed by atoms with Gasteiger partial charge in [0.1, 0.15) is 24.2 Å². The molecule has 0 heterocycles. The summed E-state index contributed by atoms with van der Waals surface area (Å²) in [6, 6.07) is 25.6. The van der Waals surface area contributed by atoms with Gasteiger partial charge in [0.2, 0.25) is 11.8 Å². The lowest BCUT2D eigenvalue weighted by atomic mass is 10.0. The predicted octanol–water partition coefficient (Wildman–Crippen LogP) is 6.24. The van der Waals surface area contributed by atoms with Crippen LogP contribution >= 0.6 is 11.6 Å². The van der Waals surface area contributed by atoms with Crippen LogP contribution in [0.15, 0.2) is 108 Å². The van der Waals surface area contributed by atoms with E-state index in [1.54, 1.807) is 24.3 Å². The first-order valence-electron chi connectivity index (χ1n) is 14.9. The summed E-state index contributed by atoms with van der Waals surface area (Å²) in [5.74, 6) is -1.14. The van der Waals surface area contributed by atoms with Gasteiger partial charge in [0, 0.05) is 24.0 Å². The molecule has 4 rings (SSSR count). The molecule has 4 aromatic carbocycles. The molecule has 4 aromatic rings. The van der Waals surface area contributed by atoms with Crippen LogP contribution in [0.5, 0.6) is 5.75 Å². The van der Waals surface area contributed by atoms with E-state index in [-0.39, 0.29) is 29.6 Å². The molecule has 0 fully saturated rings. The minimum atomic E-state index is -4.35. The molecule has 242 valence electrons. The van der Waals surface area contributed by atoms with E-state index in [4.69, 9.17) is 16.3 Å². The summed E-state index contributed by atoms with van der Waals surface area (Å²) < 4.78 is 48.6. The maximum Gasteiger partial charge on any atom is 0.264 e. The number of anilines is 1. The highest BCUT2D eigenvalue weighted by molar-refractivity contribution is 7.92. The van der Waals surface area contributed by atoms with Crippen molar-refractivity contribution in [3.05, 3.63) is 125 Å². The maximum absolute atomic E-state index is 14.5. The lowest BCUT2D eigenvalue weighted by Crippen LogP contribution is -2.54. The molecular formula is C35H37ClFN3O5S. The van der Waals surface area contributed by atoms with Crippen LogP contribution in [0.1, 0.15) is 31.9 Å². The van der Waals surface area contributed by atoms with E-state index in [0.717, 1.165) is 22.0 Å². The van der Waals surface area contributed by atoms with Crippen LogP contribution in [0.4, 0.5) is 10.1 Å². The van der Waals surface area contributed by atoms with Crippen molar-refractivity contribution in [3.8, 4) is 5.75 Å². The molecule has 0 spiro atoms. The van der Waals surface area contributed by atoms with Crippen molar-refractivity contribution >= 4 is 39.1 Å². The average Bonchev–Trinajstić information content (AvgIpc) is 3.03. The van der Waals surface area contributed by atoms with Crippen molar-refractivity contribution in [2.75, 3.05) is 17.5 Å². The van der Waals surface area contributed by atoms with Gasteiger partial charge in [0.25, 0.3) is 10.0 Å². The first kappa shape index (κ1) is 34.5. The van der Waals surface area contributed by atoms with Gasteiger partial charge in [-0.2, -0.15) is 0 Å². The van der Waals surface area contributed by atoms with Gasteiger partial charge < -0.3 is 15.0 Å². The minimum absolute atomic E-state index is 0.0676. The highest BCUT2D eigenvalue weighted by Gasteiger charge is 2.35. The monoisotopic (exact) mass is 665 g/mol. The molecular weight excluding hydrogens is 629 g/mol. The van der Waals surface area contributed by atoms with Crippen molar-refractivity contribution in [3.63, 3.8) is 0 Å². The normalized spacial score (nSPS) is 12.0. The molecule has 0 bridgehead atoms. The molecule has 2 amide bonds. The smallest absolute Gasteiger partial charge is 0.264 e. The zero-order chi connectivity index (χ0) is 33.3. The number of amides is 2. The van der Waals surface area contributed by atoms with Gasteiger partial charge in [-0.15, -0.1) is 0 Å². The van der Waals surface area contributed by atoms with Gasteiger partial charge in [0.05, 0.1) is 17.2 Å². The van der Waals surface area contributed by atoms with Gasteiger partial charge >= 0.3 is 0 Å². The fourth-order valence-corrected chi connectivity index (χ4v) is 6.49. The Kier molecular flexibility index (Phi) is 11.8. The summed E-state index contributed by atoms with van der Waals surface area (Å²) >= 11 is 6.52. The molecule has 8 nitrogen and oxygen atoms in total. The van der Waals surface area contributed by atoms with Crippen LogP contribution in [0, 0.1) is 5.82 Å². The number of carbonyl (C=O) groups excluding carboxylic acids is 2. The van der Waals surface area contributed by atoms with Gasteiger partial charge in [-0.05, 0) is 86.5 Å². The number of carbonyl (C=O) groups is 2. The number of nitrogens with one attached hydrogen (secondary N) is 1. The second-order valence-corrected chi connectivity index (χ2v) is 13.1. The number of nitrogens with zero attached hydrogens (tertiary/aromatic N) is 2. The van der Waals surface area contributed by atoms with E-state index < -0.39 is 40.2 Å². The third-order valence-corrected chi connectivity index (χ3v) is 9.27. The summed E-state index contributed by atoms with van der Waals surface area (Å²) in [7, 11) is -4.35.